The second-order valence-electron chi connectivity index (χ2n) is 4.22. The van der Waals surface area contributed by atoms with Crippen LogP contribution in [0.4, 0.5) is 0 Å². The van der Waals surface area contributed by atoms with E-state index in [1.54, 1.807) is 0 Å². The van der Waals surface area contributed by atoms with E-state index >= 15 is 0 Å². The fourth-order valence-corrected chi connectivity index (χ4v) is 2.31. The molecule has 2 aliphatic heterocycles. The van der Waals surface area contributed by atoms with Gasteiger partial charge in [-0.1, -0.05) is 30.3 Å². The van der Waals surface area contributed by atoms with Crippen LogP contribution in [0.1, 0.15) is 11.6 Å². The third-order valence-corrected chi connectivity index (χ3v) is 3.18. The van der Waals surface area contributed by atoms with Gasteiger partial charge in [-0.2, -0.15) is 0 Å². The van der Waals surface area contributed by atoms with E-state index in [1.807, 2.05) is 0 Å². The molecule has 0 aromatic heterocycles. The Hall–Kier alpha value is -1.51. The first kappa shape index (κ1) is 8.77. The van der Waals surface area contributed by atoms with Gasteiger partial charge in [0, 0.05) is 26.7 Å². The van der Waals surface area contributed by atoms with Crippen molar-refractivity contribution in [2.24, 2.45) is 4.99 Å². The second-order valence-corrected chi connectivity index (χ2v) is 4.22. The van der Waals surface area contributed by atoms with E-state index in [0.29, 0.717) is 6.04 Å². The molecule has 3 rings (SSSR count). The molecule has 1 saturated heterocycles. The molecule has 1 fully saturated rings. The normalized spacial score (nSPS) is 24.3. The lowest BCUT2D eigenvalue weighted by Crippen LogP contribution is -2.27. The van der Waals surface area contributed by atoms with Crippen LogP contribution in [-0.2, 0) is 0 Å². The molecule has 0 amide bonds. The Morgan fingerprint density at radius 3 is 2.73 bits per heavy atom. The maximum absolute atomic E-state index is 4.77. The smallest absolute Gasteiger partial charge is 0.197 e. The minimum atomic E-state index is 0.337. The van der Waals surface area contributed by atoms with Crippen LogP contribution >= 0.6 is 0 Å². The van der Waals surface area contributed by atoms with Gasteiger partial charge in [-0.25, -0.2) is 4.99 Å². The molecule has 0 saturated carbocycles. The first-order chi connectivity index (χ1) is 7.34. The SMILES string of the molecule is CN1CCN2C[C@H](c3ccccc3)N=C12. The molecule has 2 aliphatic rings. The number of benzene rings is 1. The fourth-order valence-electron chi connectivity index (χ4n) is 2.31. The van der Waals surface area contributed by atoms with Gasteiger partial charge in [0.1, 0.15) is 0 Å². The van der Waals surface area contributed by atoms with Crippen LogP contribution in [0, 0.1) is 0 Å². The molecular weight excluding hydrogens is 186 g/mol. The highest BCUT2D eigenvalue weighted by Crippen LogP contribution is 2.27. The Balaban J connectivity index is 1.88. The van der Waals surface area contributed by atoms with Gasteiger partial charge in [0.05, 0.1) is 6.04 Å². The van der Waals surface area contributed by atoms with Crippen LogP contribution in [0.3, 0.4) is 0 Å². The Morgan fingerprint density at radius 1 is 1.20 bits per heavy atom. The van der Waals surface area contributed by atoms with Crippen LogP contribution in [0.5, 0.6) is 0 Å². The third-order valence-electron chi connectivity index (χ3n) is 3.18. The highest BCUT2D eigenvalue weighted by Gasteiger charge is 2.32. The molecule has 2 heterocycles. The predicted octanol–water partition coefficient (Wildman–Crippen LogP) is 1.34. The maximum atomic E-state index is 4.77. The minimum absolute atomic E-state index is 0.337. The lowest BCUT2D eigenvalue weighted by Gasteiger charge is -2.12. The van der Waals surface area contributed by atoms with E-state index in [4.69, 9.17) is 4.99 Å². The number of likely N-dealkylation sites (N-methyl/N-ethyl adjacent to an activating group) is 1. The number of rotatable bonds is 1. The second kappa shape index (κ2) is 3.26. The quantitative estimate of drug-likeness (QED) is 0.683. The van der Waals surface area contributed by atoms with Gasteiger partial charge in [0.15, 0.2) is 5.96 Å². The summed E-state index contributed by atoms with van der Waals surface area (Å²) in [6, 6.07) is 10.9. The zero-order chi connectivity index (χ0) is 10.3. The molecule has 1 atom stereocenters. The summed E-state index contributed by atoms with van der Waals surface area (Å²) in [4.78, 5) is 9.38. The van der Waals surface area contributed by atoms with E-state index in [-0.39, 0.29) is 0 Å². The van der Waals surface area contributed by atoms with E-state index in [1.165, 1.54) is 11.5 Å². The molecule has 3 heteroatoms. The molecule has 78 valence electrons. The van der Waals surface area contributed by atoms with E-state index in [2.05, 4.69) is 47.2 Å². The van der Waals surface area contributed by atoms with Crippen molar-refractivity contribution in [3.05, 3.63) is 35.9 Å². The van der Waals surface area contributed by atoms with Crippen molar-refractivity contribution in [1.82, 2.24) is 9.80 Å². The molecule has 15 heavy (non-hydrogen) atoms. The van der Waals surface area contributed by atoms with Gasteiger partial charge in [0.2, 0.25) is 0 Å². The molecule has 0 unspecified atom stereocenters. The summed E-state index contributed by atoms with van der Waals surface area (Å²) in [5.74, 6) is 1.17. The summed E-state index contributed by atoms with van der Waals surface area (Å²) < 4.78 is 0. The number of hydrogen-bond donors (Lipinski definition) is 0. The van der Waals surface area contributed by atoms with Crippen molar-refractivity contribution in [2.75, 3.05) is 26.7 Å². The lowest BCUT2D eigenvalue weighted by atomic mass is 10.1. The summed E-state index contributed by atoms with van der Waals surface area (Å²) in [7, 11) is 2.12. The van der Waals surface area contributed by atoms with Crippen LogP contribution in [0.25, 0.3) is 0 Å². The molecular formula is C12H15N3. The van der Waals surface area contributed by atoms with Crippen LogP contribution in [-0.4, -0.2) is 42.4 Å². The zero-order valence-electron chi connectivity index (χ0n) is 8.93. The number of hydrogen-bond acceptors (Lipinski definition) is 3. The standard InChI is InChI=1S/C12H15N3/c1-14-7-8-15-9-11(13-12(14)15)10-5-3-2-4-6-10/h2-6,11H,7-9H2,1H3/t11-/m1/s1. The number of aliphatic imine (C=N–C) groups is 1. The number of fused-ring (bicyclic) bond motifs is 1. The monoisotopic (exact) mass is 201 g/mol. The van der Waals surface area contributed by atoms with Crippen molar-refractivity contribution in [2.45, 2.75) is 6.04 Å². The molecule has 0 aliphatic carbocycles. The molecule has 0 N–H and O–H groups in total. The number of nitrogens with zero attached hydrogens (tertiary/aromatic N) is 3. The Morgan fingerprint density at radius 2 is 2.00 bits per heavy atom. The highest BCUT2D eigenvalue weighted by molar-refractivity contribution is 5.83. The Kier molecular flexibility index (Phi) is 1.91. The first-order valence-electron chi connectivity index (χ1n) is 5.43. The van der Waals surface area contributed by atoms with Gasteiger partial charge in [0.25, 0.3) is 0 Å². The van der Waals surface area contributed by atoms with Crippen molar-refractivity contribution in [3.8, 4) is 0 Å². The molecule has 1 aromatic carbocycles. The topological polar surface area (TPSA) is 18.8 Å². The molecule has 0 bridgehead atoms. The van der Waals surface area contributed by atoms with E-state index in [9.17, 15) is 0 Å². The average molecular weight is 201 g/mol. The summed E-state index contributed by atoms with van der Waals surface area (Å²) in [6.07, 6.45) is 0. The zero-order valence-corrected chi connectivity index (χ0v) is 8.93. The first-order valence-corrected chi connectivity index (χ1v) is 5.43. The van der Waals surface area contributed by atoms with Crippen molar-refractivity contribution >= 4 is 5.96 Å². The van der Waals surface area contributed by atoms with Gasteiger partial charge in [-0.3, -0.25) is 0 Å². The van der Waals surface area contributed by atoms with E-state index in [0.717, 1.165) is 19.6 Å². The fraction of sp³-hybridized carbons (Fsp3) is 0.417. The molecule has 1 aromatic rings. The van der Waals surface area contributed by atoms with Gasteiger partial charge in [-0.15, -0.1) is 0 Å². The van der Waals surface area contributed by atoms with Crippen LogP contribution in [0.15, 0.2) is 35.3 Å². The van der Waals surface area contributed by atoms with Gasteiger partial charge in [-0.05, 0) is 5.56 Å². The highest BCUT2D eigenvalue weighted by atomic mass is 15.5. The molecule has 0 spiro atoms. The lowest BCUT2D eigenvalue weighted by molar-refractivity contribution is 0.459. The molecule has 3 nitrogen and oxygen atoms in total. The largest absolute Gasteiger partial charge is 0.344 e. The summed E-state index contributed by atoms with van der Waals surface area (Å²) in [5.41, 5.74) is 1.33. The summed E-state index contributed by atoms with van der Waals surface area (Å²) in [6.45, 7) is 3.28. The van der Waals surface area contributed by atoms with Crippen LogP contribution < -0.4 is 0 Å². The van der Waals surface area contributed by atoms with Crippen molar-refractivity contribution < 1.29 is 0 Å². The van der Waals surface area contributed by atoms with Gasteiger partial charge >= 0.3 is 0 Å². The maximum Gasteiger partial charge on any atom is 0.197 e. The van der Waals surface area contributed by atoms with Crippen molar-refractivity contribution in [3.63, 3.8) is 0 Å². The molecule has 0 radical (unpaired) electrons. The minimum Gasteiger partial charge on any atom is -0.344 e. The van der Waals surface area contributed by atoms with E-state index < -0.39 is 0 Å². The summed E-state index contributed by atoms with van der Waals surface area (Å²) in [5, 5.41) is 0. The van der Waals surface area contributed by atoms with Crippen molar-refractivity contribution in [1.29, 1.82) is 0 Å². The third kappa shape index (κ3) is 1.39. The Bertz CT molecular complexity index is 385. The van der Waals surface area contributed by atoms with Gasteiger partial charge < -0.3 is 9.80 Å². The Labute approximate surface area is 90.0 Å². The summed E-state index contributed by atoms with van der Waals surface area (Å²) >= 11 is 0. The predicted molar refractivity (Wildman–Crippen MR) is 60.8 cm³/mol. The number of guanidine groups is 1. The van der Waals surface area contributed by atoms with Crippen LogP contribution in [0.2, 0.25) is 0 Å². The average Bonchev–Trinajstić information content (AvgIpc) is 2.83.